The average Bonchev–Trinajstić information content (AvgIpc) is 2.94. The Hall–Kier alpha value is -3.64. The van der Waals surface area contributed by atoms with Crippen LogP contribution in [0, 0.1) is 11.8 Å². The lowest BCUT2D eigenvalue weighted by molar-refractivity contribution is -0.124. The monoisotopic (exact) mass is 513 g/mol. The third-order valence-corrected chi connectivity index (χ3v) is 7.63. The molecule has 0 aromatic heterocycles. The van der Waals surface area contributed by atoms with Crippen molar-refractivity contribution in [1.82, 2.24) is 10.6 Å². The van der Waals surface area contributed by atoms with Gasteiger partial charge >= 0.3 is 0 Å². The van der Waals surface area contributed by atoms with Gasteiger partial charge in [0.15, 0.2) is 0 Å². The smallest absolute Gasteiger partial charge is 0.251 e. The topological polar surface area (TPSA) is 93.5 Å². The predicted octanol–water partition coefficient (Wildman–Crippen LogP) is 5.01. The van der Waals surface area contributed by atoms with Gasteiger partial charge < -0.3 is 21.1 Å². The van der Waals surface area contributed by atoms with Gasteiger partial charge in [-0.2, -0.15) is 0 Å². The Kier molecular flexibility index (Phi) is 9.55. The van der Waals surface area contributed by atoms with E-state index in [9.17, 15) is 9.59 Å². The fraction of sp³-hybridized carbons (Fsp3) is 0.375. The number of carbonyl (C=O) groups is 2. The summed E-state index contributed by atoms with van der Waals surface area (Å²) >= 11 is 0. The molecule has 4 rings (SSSR count). The lowest BCUT2D eigenvalue weighted by atomic mass is 9.79. The first-order chi connectivity index (χ1) is 18.4. The van der Waals surface area contributed by atoms with Crippen molar-refractivity contribution in [2.75, 3.05) is 0 Å². The van der Waals surface area contributed by atoms with Crippen molar-refractivity contribution in [3.05, 3.63) is 101 Å². The van der Waals surface area contributed by atoms with Gasteiger partial charge in [0, 0.05) is 24.6 Å². The minimum atomic E-state index is -0.692. The number of benzene rings is 3. The molecule has 1 aliphatic carbocycles. The van der Waals surface area contributed by atoms with Crippen LogP contribution in [0.1, 0.15) is 60.2 Å². The summed E-state index contributed by atoms with van der Waals surface area (Å²) in [5.74, 6) is 1.56. The number of ether oxygens (including phenoxy) is 1. The maximum absolute atomic E-state index is 13.4. The van der Waals surface area contributed by atoms with E-state index in [1.165, 1.54) is 0 Å². The van der Waals surface area contributed by atoms with Crippen molar-refractivity contribution < 1.29 is 14.3 Å². The number of nitrogens with two attached hydrogens (primary N) is 1. The molecule has 38 heavy (non-hydrogen) atoms. The van der Waals surface area contributed by atoms with Crippen LogP contribution in [0.25, 0.3) is 0 Å². The molecule has 1 aliphatic rings. The SMILES string of the molecule is CC1CCC(NC(=O)[C@H](Cc2ccc(OCc3ccccc3)cc2)NC(=O)c2ccc(CN)cc2)CC1C. The third-order valence-electron chi connectivity index (χ3n) is 7.63. The second kappa shape index (κ2) is 13.2. The molecule has 2 amide bonds. The molecule has 1 saturated carbocycles. The van der Waals surface area contributed by atoms with E-state index in [0.717, 1.165) is 41.7 Å². The first kappa shape index (κ1) is 27.4. The molecule has 0 heterocycles. The van der Waals surface area contributed by atoms with Gasteiger partial charge in [-0.05, 0) is 72.1 Å². The molecule has 3 aromatic carbocycles. The summed E-state index contributed by atoms with van der Waals surface area (Å²) in [7, 11) is 0. The number of rotatable bonds is 10. The normalized spacial score (nSPS) is 19.8. The zero-order chi connectivity index (χ0) is 26.9. The van der Waals surface area contributed by atoms with Gasteiger partial charge in [-0.1, -0.05) is 68.4 Å². The van der Waals surface area contributed by atoms with Crippen molar-refractivity contribution in [3.8, 4) is 5.75 Å². The highest BCUT2D eigenvalue weighted by Gasteiger charge is 2.29. The van der Waals surface area contributed by atoms with Gasteiger partial charge in [0.05, 0.1) is 0 Å². The lowest BCUT2D eigenvalue weighted by Crippen LogP contribution is -2.51. The minimum Gasteiger partial charge on any atom is -0.489 e. The van der Waals surface area contributed by atoms with Crippen molar-refractivity contribution in [1.29, 1.82) is 0 Å². The molecule has 200 valence electrons. The minimum absolute atomic E-state index is 0.130. The van der Waals surface area contributed by atoms with E-state index in [-0.39, 0.29) is 17.9 Å². The molecule has 6 nitrogen and oxygen atoms in total. The zero-order valence-corrected chi connectivity index (χ0v) is 22.4. The van der Waals surface area contributed by atoms with Crippen LogP contribution in [0.2, 0.25) is 0 Å². The van der Waals surface area contributed by atoms with Crippen LogP contribution in [0.3, 0.4) is 0 Å². The van der Waals surface area contributed by atoms with Gasteiger partial charge in [-0.15, -0.1) is 0 Å². The molecule has 1 fully saturated rings. The van der Waals surface area contributed by atoms with Crippen LogP contribution in [0.5, 0.6) is 5.75 Å². The molecule has 4 N–H and O–H groups in total. The summed E-state index contributed by atoms with van der Waals surface area (Å²) in [6, 6.07) is 24.3. The summed E-state index contributed by atoms with van der Waals surface area (Å²) in [5.41, 5.74) is 9.19. The fourth-order valence-electron chi connectivity index (χ4n) is 4.92. The second-order valence-corrected chi connectivity index (χ2v) is 10.5. The van der Waals surface area contributed by atoms with E-state index >= 15 is 0 Å². The molecule has 3 aromatic rings. The maximum atomic E-state index is 13.4. The molecule has 0 bridgehead atoms. The summed E-state index contributed by atoms with van der Waals surface area (Å²) in [5, 5.41) is 6.20. The molecule has 0 aliphatic heterocycles. The number of nitrogens with one attached hydrogen (secondary N) is 2. The molecular formula is C32H39N3O3. The van der Waals surface area contributed by atoms with E-state index in [0.29, 0.717) is 37.0 Å². The zero-order valence-electron chi connectivity index (χ0n) is 22.4. The Morgan fingerprint density at radius 3 is 2.21 bits per heavy atom. The Labute approximate surface area is 226 Å². The fourth-order valence-corrected chi connectivity index (χ4v) is 4.92. The van der Waals surface area contributed by atoms with E-state index in [2.05, 4.69) is 24.5 Å². The summed E-state index contributed by atoms with van der Waals surface area (Å²) in [4.78, 5) is 26.5. The van der Waals surface area contributed by atoms with E-state index < -0.39 is 6.04 Å². The molecular weight excluding hydrogens is 474 g/mol. The van der Waals surface area contributed by atoms with Crippen LogP contribution in [-0.4, -0.2) is 23.9 Å². The van der Waals surface area contributed by atoms with Crippen LogP contribution in [-0.2, 0) is 24.4 Å². The van der Waals surface area contributed by atoms with Gasteiger partial charge in [0.25, 0.3) is 5.91 Å². The number of amides is 2. The number of carbonyl (C=O) groups excluding carboxylic acids is 2. The predicted molar refractivity (Wildman–Crippen MR) is 151 cm³/mol. The van der Waals surface area contributed by atoms with Crippen LogP contribution < -0.4 is 21.1 Å². The summed E-state index contributed by atoms with van der Waals surface area (Å²) in [6.07, 6.45) is 3.41. The van der Waals surface area contributed by atoms with Crippen molar-refractivity contribution in [2.24, 2.45) is 17.6 Å². The molecule has 0 saturated heterocycles. The van der Waals surface area contributed by atoms with Gasteiger partial charge in [-0.25, -0.2) is 0 Å². The molecule has 6 heteroatoms. The van der Waals surface area contributed by atoms with Crippen molar-refractivity contribution >= 4 is 11.8 Å². The van der Waals surface area contributed by atoms with Crippen LogP contribution >= 0.6 is 0 Å². The van der Waals surface area contributed by atoms with Gasteiger partial charge in [0.2, 0.25) is 5.91 Å². The van der Waals surface area contributed by atoms with E-state index in [1.54, 1.807) is 12.1 Å². The highest BCUT2D eigenvalue weighted by molar-refractivity contribution is 5.97. The van der Waals surface area contributed by atoms with Crippen molar-refractivity contribution in [2.45, 2.75) is 64.8 Å². The van der Waals surface area contributed by atoms with E-state index in [4.69, 9.17) is 10.5 Å². The highest BCUT2D eigenvalue weighted by Crippen LogP contribution is 2.29. The molecule has 4 atom stereocenters. The Bertz CT molecular complexity index is 1180. The summed E-state index contributed by atoms with van der Waals surface area (Å²) < 4.78 is 5.90. The first-order valence-corrected chi connectivity index (χ1v) is 13.6. The van der Waals surface area contributed by atoms with E-state index in [1.807, 2.05) is 66.7 Å². The van der Waals surface area contributed by atoms with Crippen LogP contribution in [0.15, 0.2) is 78.9 Å². The first-order valence-electron chi connectivity index (χ1n) is 13.6. The quantitative estimate of drug-likeness (QED) is 0.355. The van der Waals surface area contributed by atoms with Gasteiger partial charge in [0.1, 0.15) is 18.4 Å². The Morgan fingerprint density at radius 1 is 0.868 bits per heavy atom. The Morgan fingerprint density at radius 2 is 1.55 bits per heavy atom. The van der Waals surface area contributed by atoms with Crippen molar-refractivity contribution in [3.63, 3.8) is 0 Å². The Balaban J connectivity index is 1.43. The number of hydrogen-bond acceptors (Lipinski definition) is 4. The maximum Gasteiger partial charge on any atom is 0.251 e. The average molecular weight is 514 g/mol. The number of hydrogen-bond donors (Lipinski definition) is 3. The largest absolute Gasteiger partial charge is 0.489 e. The third kappa shape index (κ3) is 7.68. The van der Waals surface area contributed by atoms with Gasteiger partial charge in [-0.3, -0.25) is 9.59 Å². The molecule has 0 radical (unpaired) electrons. The molecule has 3 unspecified atom stereocenters. The van der Waals surface area contributed by atoms with Crippen LogP contribution in [0.4, 0.5) is 0 Å². The second-order valence-electron chi connectivity index (χ2n) is 10.5. The highest BCUT2D eigenvalue weighted by atomic mass is 16.5. The summed E-state index contributed by atoms with van der Waals surface area (Å²) in [6.45, 7) is 5.42. The standard InChI is InChI=1S/C32H39N3O3/c1-22-8-15-28(18-23(22)2)34-32(37)30(35-31(36)27-13-9-25(20-33)10-14-27)19-24-11-16-29(17-12-24)38-21-26-6-4-3-5-7-26/h3-7,9-14,16-17,22-23,28,30H,8,15,18-21,33H2,1-2H3,(H,34,37)(H,35,36)/t22?,23?,28?,30-/m0/s1. The lowest BCUT2D eigenvalue weighted by Gasteiger charge is -2.33. The molecule has 0 spiro atoms.